The minimum Gasteiger partial charge on any atom is -0.310 e. The molecule has 0 spiro atoms. The molecule has 0 bridgehead atoms. The number of rotatable bonds is 6. The quantitative estimate of drug-likeness (QED) is 0.169. The zero-order valence-electron chi connectivity index (χ0n) is 35.3. The Bertz CT molecular complexity index is 2960. The first kappa shape index (κ1) is 36.9. The van der Waals surface area contributed by atoms with Gasteiger partial charge in [0.1, 0.15) is 0 Å². The Kier molecular flexibility index (Phi) is 8.36. The van der Waals surface area contributed by atoms with Gasteiger partial charge in [0.15, 0.2) is 0 Å². The summed E-state index contributed by atoms with van der Waals surface area (Å²) in [6, 6.07) is 49.1. The predicted molar refractivity (Wildman–Crippen MR) is 249 cm³/mol. The second-order valence-corrected chi connectivity index (χ2v) is 16.9. The first-order valence-electron chi connectivity index (χ1n) is 20.6. The number of hydrogen-bond donors (Lipinski definition) is 0. The molecule has 0 N–H and O–H groups in total. The molecule has 8 aromatic rings. The lowest BCUT2D eigenvalue weighted by atomic mass is 9.91. The number of aryl methyl sites for hydroxylation is 8. The fourth-order valence-electron chi connectivity index (χ4n) is 9.37. The summed E-state index contributed by atoms with van der Waals surface area (Å²) in [4.78, 5) is 4.64. The van der Waals surface area contributed by atoms with Crippen LogP contribution in [0.4, 0.5) is 34.1 Å². The molecular weight excluding hydrogens is 729 g/mol. The fraction of sp³-hybridized carbons (Fsp3) is 0.143. The van der Waals surface area contributed by atoms with Crippen LogP contribution in [-0.2, 0) is 0 Å². The van der Waals surface area contributed by atoms with E-state index in [4.69, 9.17) is 0 Å². The number of fused-ring (bicyclic) bond motifs is 6. The average molecular weight is 773 g/mol. The van der Waals surface area contributed by atoms with Crippen molar-refractivity contribution in [1.82, 2.24) is 0 Å². The Morgan fingerprint density at radius 1 is 0.300 bits per heavy atom. The van der Waals surface area contributed by atoms with E-state index in [0.717, 1.165) is 89.4 Å². The Hall–Kier alpha value is -7.40. The lowest BCUT2D eigenvalue weighted by Crippen LogP contribution is -2.11. The lowest BCUT2D eigenvalue weighted by Gasteiger charge is -2.27. The van der Waals surface area contributed by atoms with Crippen molar-refractivity contribution in [2.45, 2.75) is 55.4 Å². The van der Waals surface area contributed by atoms with E-state index >= 15 is 0 Å². The van der Waals surface area contributed by atoms with Gasteiger partial charge < -0.3 is 9.80 Å². The van der Waals surface area contributed by atoms with Crippen LogP contribution in [0.25, 0.3) is 55.3 Å². The standard InChI is InChI=1S/C56H44N4/c1-31-9-13-41(21-35(31)5)59(42-14-10-32(2)36(6)22-42)45-17-19-47-49(27-45)51-25-39(29-57)54-48-20-18-46(28-50(48)52-26-40(30-58)53(47)55(51)56(52)54)60(43-15-11-33(3)37(7)23-43)44-16-12-34(4)38(8)24-44/h9-28H,1-8H3. The number of hydrogen-bond acceptors (Lipinski definition) is 4. The molecule has 4 heteroatoms. The number of nitrogens with zero attached hydrogens (tertiary/aromatic N) is 4. The Morgan fingerprint density at radius 2 is 0.583 bits per heavy atom. The molecule has 0 aromatic heterocycles. The molecule has 2 aliphatic carbocycles. The van der Waals surface area contributed by atoms with Gasteiger partial charge >= 0.3 is 0 Å². The molecule has 0 amide bonds. The molecular formula is C56H44N4. The molecule has 0 unspecified atom stereocenters. The van der Waals surface area contributed by atoms with Crippen LogP contribution >= 0.6 is 0 Å². The third-order valence-corrected chi connectivity index (χ3v) is 13.3. The first-order chi connectivity index (χ1) is 28.9. The van der Waals surface area contributed by atoms with Crippen molar-refractivity contribution in [2.75, 3.05) is 9.80 Å². The number of benzene rings is 8. The minimum absolute atomic E-state index is 0.638. The minimum atomic E-state index is 0.638. The van der Waals surface area contributed by atoms with Gasteiger partial charge in [-0.1, -0.05) is 36.4 Å². The van der Waals surface area contributed by atoms with E-state index in [0.29, 0.717) is 11.1 Å². The van der Waals surface area contributed by atoms with E-state index in [1.54, 1.807) is 0 Å². The molecule has 0 saturated carbocycles. The van der Waals surface area contributed by atoms with Crippen LogP contribution in [0.5, 0.6) is 0 Å². The van der Waals surface area contributed by atoms with Crippen LogP contribution in [0, 0.1) is 78.1 Å². The molecule has 8 aromatic carbocycles. The van der Waals surface area contributed by atoms with Gasteiger partial charge in [0, 0.05) is 56.0 Å². The highest BCUT2D eigenvalue weighted by molar-refractivity contribution is 6.28. The second kappa shape index (κ2) is 13.6. The third-order valence-electron chi connectivity index (χ3n) is 13.3. The SMILES string of the molecule is Cc1ccc(N(c2ccc(C)c(C)c2)c2ccc3c(c2)-c2cc(C#N)c4c5c(cc(C#N)c-3c25)-c2cc(N(c3ccc(C)c(C)c3)c3ccc(C)c(C)c3)ccc2-4)cc1C. The third kappa shape index (κ3) is 5.49. The molecule has 0 aliphatic heterocycles. The van der Waals surface area contributed by atoms with E-state index < -0.39 is 0 Å². The highest BCUT2D eigenvalue weighted by Crippen LogP contribution is 2.59. The normalized spacial score (nSPS) is 11.6. The van der Waals surface area contributed by atoms with E-state index in [1.165, 1.54) is 44.5 Å². The molecule has 2 aliphatic rings. The molecule has 0 heterocycles. The highest BCUT2D eigenvalue weighted by Gasteiger charge is 2.35. The number of nitriles is 2. The van der Waals surface area contributed by atoms with Crippen LogP contribution in [0.2, 0.25) is 0 Å². The Balaban J connectivity index is 1.18. The van der Waals surface area contributed by atoms with Crippen molar-refractivity contribution < 1.29 is 0 Å². The van der Waals surface area contributed by atoms with Crippen molar-refractivity contribution in [3.63, 3.8) is 0 Å². The molecule has 10 rings (SSSR count). The van der Waals surface area contributed by atoms with Crippen molar-refractivity contribution in [3.05, 3.63) is 177 Å². The maximum Gasteiger partial charge on any atom is 0.0998 e. The van der Waals surface area contributed by atoms with Gasteiger partial charge in [-0.15, -0.1) is 0 Å². The molecule has 0 atom stereocenters. The summed E-state index contributed by atoms with van der Waals surface area (Å²) in [7, 11) is 0. The van der Waals surface area contributed by atoms with E-state index in [-0.39, 0.29) is 0 Å². The van der Waals surface area contributed by atoms with Gasteiger partial charge in [-0.25, -0.2) is 0 Å². The monoisotopic (exact) mass is 772 g/mol. The van der Waals surface area contributed by atoms with Gasteiger partial charge in [-0.2, -0.15) is 10.5 Å². The van der Waals surface area contributed by atoms with Crippen molar-refractivity contribution in [3.8, 4) is 56.6 Å². The van der Waals surface area contributed by atoms with Gasteiger partial charge in [-0.05, 0) is 218 Å². The van der Waals surface area contributed by atoms with Crippen LogP contribution in [-0.4, -0.2) is 0 Å². The van der Waals surface area contributed by atoms with Crippen molar-refractivity contribution in [2.24, 2.45) is 0 Å². The zero-order chi connectivity index (χ0) is 41.7. The Labute approximate surface area is 352 Å². The summed E-state index contributed by atoms with van der Waals surface area (Å²) in [5, 5.41) is 23.9. The summed E-state index contributed by atoms with van der Waals surface area (Å²) in [6.07, 6.45) is 0. The Morgan fingerprint density at radius 3 is 0.867 bits per heavy atom. The van der Waals surface area contributed by atoms with Crippen molar-refractivity contribution in [1.29, 1.82) is 10.5 Å². The van der Waals surface area contributed by atoms with Gasteiger partial charge in [0.25, 0.3) is 0 Å². The summed E-state index contributed by atoms with van der Waals surface area (Å²) in [5.41, 5.74) is 25.5. The van der Waals surface area contributed by atoms with Crippen LogP contribution in [0.1, 0.15) is 55.6 Å². The summed E-state index contributed by atoms with van der Waals surface area (Å²) in [6.45, 7) is 17.2. The predicted octanol–water partition coefficient (Wildman–Crippen LogP) is 15.3. The first-order valence-corrected chi connectivity index (χ1v) is 20.6. The van der Waals surface area contributed by atoms with Gasteiger partial charge in [0.05, 0.1) is 23.3 Å². The molecule has 60 heavy (non-hydrogen) atoms. The summed E-state index contributed by atoms with van der Waals surface area (Å²) in [5.74, 6) is 0. The largest absolute Gasteiger partial charge is 0.310 e. The smallest absolute Gasteiger partial charge is 0.0998 e. The molecule has 288 valence electrons. The maximum atomic E-state index is 10.9. The maximum absolute atomic E-state index is 10.9. The van der Waals surface area contributed by atoms with Crippen molar-refractivity contribution >= 4 is 44.9 Å². The average Bonchev–Trinajstić information content (AvgIpc) is 3.74. The van der Waals surface area contributed by atoms with Crippen LogP contribution < -0.4 is 9.80 Å². The second-order valence-electron chi connectivity index (χ2n) is 16.9. The topological polar surface area (TPSA) is 54.1 Å². The van der Waals surface area contributed by atoms with Gasteiger partial charge in [-0.3, -0.25) is 0 Å². The van der Waals surface area contributed by atoms with Crippen LogP contribution in [0.3, 0.4) is 0 Å². The zero-order valence-corrected chi connectivity index (χ0v) is 35.3. The number of anilines is 6. The van der Waals surface area contributed by atoms with E-state index in [9.17, 15) is 10.5 Å². The molecule has 0 fully saturated rings. The molecule has 0 saturated heterocycles. The van der Waals surface area contributed by atoms with E-state index in [2.05, 4.69) is 199 Å². The highest BCUT2D eigenvalue weighted by atomic mass is 15.1. The lowest BCUT2D eigenvalue weighted by molar-refractivity contribution is 1.23. The molecule has 0 radical (unpaired) electrons. The summed E-state index contributed by atoms with van der Waals surface area (Å²) >= 11 is 0. The summed E-state index contributed by atoms with van der Waals surface area (Å²) < 4.78 is 0. The van der Waals surface area contributed by atoms with Crippen LogP contribution in [0.15, 0.2) is 121 Å². The fourth-order valence-corrected chi connectivity index (χ4v) is 9.37. The molecule has 4 nitrogen and oxygen atoms in total. The van der Waals surface area contributed by atoms with Gasteiger partial charge in [0.2, 0.25) is 0 Å². The van der Waals surface area contributed by atoms with E-state index in [1.807, 2.05) is 0 Å².